The van der Waals surface area contributed by atoms with Gasteiger partial charge in [0, 0.05) is 4.75 Å². The fourth-order valence-corrected chi connectivity index (χ4v) is 6.10. The molecule has 1 N–H and O–H groups in total. The summed E-state index contributed by atoms with van der Waals surface area (Å²) < 4.78 is 31.7. The molecule has 3 fully saturated rings. The van der Waals surface area contributed by atoms with Crippen molar-refractivity contribution in [2.24, 2.45) is 17.3 Å². The summed E-state index contributed by atoms with van der Waals surface area (Å²) in [5.41, 5.74) is -0.208. The maximum absolute atomic E-state index is 11.2. The number of rotatable bonds is 1. The molecule has 0 aromatic heterocycles. The first-order valence-electron chi connectivity index (χ1n) is 4.97. The van der Waals surface area contributed by atoms with E-state index in [1.165, 1.54) is 0 Å². The summed E-state index contributed by atoms with van der Waals surface area (Å²) in [6, 6.07) is 0. The van der Waals surface area contributed by atoms with Gasteiger partial charge in [0.1, 0.15) is 0 Å². The first-order valence-corrected chi connectivity index (χ1v) is 6.92. The summed E-state index contributed by atoms with van der Waals surface area (Å²) in [6.07, 6.45) is 2.56. The van der Waals surface area contributed by atoms with Crippen LogP contribution in [0.4, 0.5) is 0 Å². The Morgan fingerprint density at radius 1 is 1.43 bits per heavy atom. The van der Waals surface area contributed by atoms with Gasteiger partial charge in [0.05, 0.1) is 5.25 Å². The van der Waals surface area contributed by atoms with Crippen molar-refractivity contribution in [1.29, 1.82) is 0 Å². The van der Waals surface area contributed by atoms with Crippen molar-refractivity contribution in [1.82, 2.24) is 0 Å². The molecule has 5 unspecified atom stereocenters. The molecule has 3 aliphatic carbocycles. The zero-order chi connectivity index (χ0) is 10.4. The second-order valence-corrected chi connectivity index (χ2v) is 7.83. The Bertz CT molecular complexity index is 400. The van der Waals surface area contributed by atoms with Gasteiger partial charge in [-0.1, -0.05) is 6.92 Å². The first kappa shape index (κ1) is 9.48. The molecule has 2 bridgehead atoms. The van der Waals surface area contributed by atoms with Crippen molar-refractivity contribution in [2.45, 2.75) is 36.2 Å². The van der Waals surface area contributed by atoms with Crippen molar-refractivity contribution < 1.29 is 13.0 Å². The molecule has 0 aliphatic heterocycles. The van der Waals surface area contributed by atoms with Crippen molar-refractivity contribution in [3.8, 4) is 0 Å². The molecule has 0 radical (unpaired) electrons. The molecule has 3 saturated carbocycles. The van der Waals surface area contributed by atoms with Crippen molar-refractivity contribution >= 4 is 22.7 Å². The Hall–Kier alpha value is 0.260. The van der Waals surface area contributed by atoms with Gasteiger partial charge in [-0.25, -0.2) is 0 Å². The second kappa shape index (κ2) is 2.18. The molecule has 3 nitrogen and oxygen atoms in total. The third kappa shape index (κ3) is 0.870. The van der Waals surface area contributed by atoms with E-state index in [0.717, 1.165) is 12.8 Å². The van der Waals surface area contributed by atoms with E-state index in [1.807, 2.05) is 6.92 Å². The van der Waals surface area contributed by atoms with Crippen molar-refractivity contribution in [3.05, 3.63) is 0 Å². The Kier molecular flexibility index (Phi) is 1.47. The molecular weight excluding hydrogens is 220 g/mol. The number of hydrogen-bond donors (Lipinski definition) is 2. The lowest BCUT2D eigenvalue weighted by atomic mass is 9.84. The Balaban J connectivity index is 2.04. The summed E-state index contributed by atoms with van der Waals surface area (Å²) in [7, 11) is -3.86. The van der Waals surface area contributed by atoms with Gasteiger partial charge in [-0.3, -0.25) is 4.55 Å². The van der Waals surface area contributed by atoms with Crippen LogP contribution in [0, 0.1) is 17.3 Å². The molecule has 3 aliphatic rings. The maximum Gasteiger partial charge on any atom is 0.268 e. The van der Waals surface area contributed by atoms with E-state index in [9.17, 15) is 13.0 Å². The summed E-state index contributed by atoms with van der Waals surface area (Å²) >= 11 is 4.64. The van der Waals surface area contributed by atoms with Crippen LogP contribution < -0.4 is 0 Å². The fraction of sp³-hybridized carbons (Fsp3) is 1.00. The summed E-state index contributed by atoms with van der Waals surface area (Å²) in [4.78, 5) is 0. The Morgan fingerprint density at radius 2 is 2.07 bits per heavy atom. The van der Waals surface area contributed by atoms with Gasteiger partial charge >= 0.3 is 0 Å². The van der Waals surface area contributed by atoms with Crippen LogP contribution >= 0.6 is 12.6 Å². The molecule has 0 amide bonds. The minimum absolute atomic E-state index is 0.107. The SMILES string of the molecule is CC12CC(CC1S(=O)(=O)O)C1(S)CC21. The molecule has 3 rings (SSSR count). The molecule has 80 valence electrons. The van der Waals surface area contributed by atoms with Crippen LogP contribution in [0.3, 0.4) is 0 Å². The number of fused-ring (bicyclic) bond motifs is 5. The average Bonchev–Trinajstić information content (AvgIpc) is 2.50. The van der Waals surface area contributed by atoms with E-state index in [-0.39, 0.29) is 10.2 Å². The summed E-state index contributed by atoms with van der Waals surface area (Å²) in [5, 5.41) is -0.534. The van der Waals surface area contributed by atoms with Crippen LogP contribution in [-0.4, -0.2) is 23.0 Å². The molecule has 0 aromatic carbocycles. The molecular formula is C9H14O3S2. The lowest BCUT2D eigenvalue weighted by Gasteiger charge is -2.30. The van der Waals surface area contributed by atoms with Gasteiger partial charge in [0.15, 0.2) is 0 Å². The highest BCUT2D eigenvalue weighted by Crippen LogP contribution is 2.77. The first-order chi connectivity index (χ1) is 6.28. The minimum Gasteiger partial charge on any atom is -0.285 e. The van der Waals surface area contributed by atoms with E-state index in [1.54, 1.807) is 0 Å². The van der Waals surface area contributed by atoms with E-state index >= 15 is 0 Å². The molecule has 5 atom stereocenters. The molecule has 0 aromatic rings. The van der Waals surface area contributed by atoms with Crippen LogP contribution in [0.1, 0.15) is 26.2 Å². The lowest BCUT2D eigenvalue weighted by Crippen LogP contribution is -2.38. The fourth-order valence-electron chi connectivity index (χ4n) is 4.01. The lowest BCUT2D eigenvalue weighted by molar-refractivity contribution is 0.287. The zero-order valence-corrected chi connectivity index (χ0v) is 9.68. The average molecular weight is 234 g/mol. The van der Waals surface area contributed by atoms with E-state index < -0.39 is 15.4 Å². The highest BCUT2D eigenvalue weighted by molar-refractivity contribution is 7.86. The topological polar surface area (TPSA) is 54.4 Å². The van der Waals surface area contributed by atoms with E-state index in [4.69, 9.17) is 0 Å². The van der Waals surface area contributed by atoms with Crippen LogP contribution in [0.25, 0.3) is 0 Å². The van der Waals surface area contributed by atoms with Crippen LogP contribution in [0.5, 0.6) is 0 Å². The number of hydrogen-bond acceptors (Lipinski definition) is 3. The quantitative estimate of drug-likeness (QED) is 0.532. The number of thiol groups is 1. The molecule has 0 spiro atoms. The monoisotopic (exact) mass is 234 g/mol. The Labute approximate surface area is 89.4 Å². The molecule has 0 heterocycles. The van der Waals surface area contributed by atoms with Gasteiger partial charge in [-0.05, 0) is 36.5 Å². The standard InChI is InChI=1S/C9H14O3S2/c1-8-3-5(9(13)4-6(8)9)2-7(8)14(10,11)12/h5-7,13H,2-4H2,1H3,(H,10,11,12). The maximum atomic E-state index is 11.2. The predicted molar refractivity (Wildman–Crippen MR) is 56.0 cm³/mol. The normalized spacial score (nSPS) is 60.1. The third-order valence-electron chi connectivity index (χ3n) is 4.76. The molecule has 0 saturated heterocycles. The molecule has 14 heavy (non-hydrogen) atoms. The van der Waals surface area contributed by atoms with Gasteiger partial charge in [0.2, 0.25) is 0 Å². The predicted octanol–water partition coefficient (Wildman–Crippen LogP) is 1.36. The van der Waals surface area contributed by atoms with Crippen LogP contribution in [0.2, 0.25) is 0 Å². The Morgan fingerprint density at radius 3 is 2.50 bits per heavy atom. The van der Waals surface area contributed by atoms with E-state index in [2.05, 4.69) is 12.6 Å². The van der Waals surface area contributed by atoms with Crippen LogP contribution in [0.15, 0.2) is 0 Å². The largest absolute Gasteiger partial charge is 0.285 e. The van der Waals surface area contributed by atoms with Crippen molar-refractivity contribution in [3.63, 3.8) is 0 Å². The third-order valence-corrected chi connectivity index (χ3v) is 7.07. The summed E-state index contributed by atoms with van der Waals surface area (Å²) in [5.74, 6) is 0.803. The van der Waals surface area contributed by atoms with Crippen molar-refractivity contribution in [2.75, 3.05) is 0 Å². The van der Waals surface area contributed by atoms with Gasteiger partial charge < -0.3 is 0 Å². The highest BCUT2D eigenvalue weighted by Gasteiger charge is 2.77. The summed E-state index contributed by atoms with van der Waals surface area (Å²) in [6.45, 7) is 2.00. The van der Waals surface area contributed by atoms with E-state index in [0.29, 0.717) is 18.3 Å². The van der Waals surface area contributed by atoms with Gasteiger partial charge in [-0.15, -0.1) is 0 Å². The smallest absolute Gasteiger partial charge is 0.268 e. The molecule has 5 heteroatoms. The van der Waals surface area contributed by atoms with Gasteiger partial charge in [0.25, 0.3) is 10.1 Å². The second-order valence-electron chi connectivity index (χ2n) is 5.39. The minimum atomic E-state index is -3.86. The highest BCUT2D eigenvalue weighted by atomic mass is 32.2. The van der Waals surface area contributed by atoms with Gasteiger partial charge in [-0.2, -0.15) is 21.0 Å². The zero-order valence-electron chi connectivity index (χ0n) is 7.97. The van der Waals surface area contributed by atoms with Crippen LogP contribution in [-0.2, 0) is 10.1 Å².